The van der Waals surface area contributed by atoms with Crippen LogP contribution >= 0.6 is 0 Å². The smallest absolute Gasteiger partial charge is 0.251 e. The third-order valence-corrected chi connectivity index (χ3v) is 5.17. The quantitative estimate of drug-likeness (QED) is 0.587. The summed E-state index contributed by atoms with van der Waals surface area (Å²) in [7, 11) is -3.70. The standard InChI is InChI=1S/C20H20N4O3S/c21-19-9-10-23-13-18(19)15-2-1-3-16(12-15)20(25)24-11-8-14-4-6-17(7-5-14)28(22,26)27/h1-7,9-10,12-13H,8,11H2,(H2,21,23)(H,24,25)(H2,22,26,27). The molecule has 7 nitrogen and oxygen atoms in total. The summed E-state index contributed by atoms with van der Waals surface area (Å²) < 4.78 is 22.5. The summed E-state index contributed by atoms with van der Waals surface area (Å²) in [4.78, 5) is 16.6. The Labute approximate surface area is 163 Å². The molecule has 5 N–H and O–H groups in total. The van der Waals surface area contributed by atoms with Crippen molar-refractivity contribution in [1.29, 1.82) is 0 Å². The largest absolute Gasteiger partial charge is 0.398 e. The monoisotopic (exact) mass is 396 g/mol. The molecule has 8 heteroatoms. The fraction of sp³-hybridized carbons (Fsp3) is 0.100. The Balaban J connectivity index is 1.63. The summed E-state index contributed by atoms with van der Waals surface area (Å²) in [5.74, 6) is -0.203. The summed E-state index contributed by atoms with van der Waals surface area (Å²) in [6, 6.07) is 15.1. The Kier molecular flexibility index (Phi) is 5.72. The molecule has 1 amide bonds. The number of primary sulfonamides is 1. The molecule has 0 radical (unpaired) electrons. The van der Waals surface area contributed by atoms with Crippen LogP contribution in [-0.2, 0) is 16.4 Å². The minimum absolute atomic E-state index is 0.0618. The maximum atomic E-state index is 12.4. The lowest BCUT2D eigenvalue weighted by molar-refractivity contribution is 0.0954. The molecular weight excluding hydrogens is 376 g/mol. The highest BCUT2D eigenvalue weighted by Crippen LogP contribution is 2.25. The van der Waals surface area contributed by atoms with Crippen molar-refractivity contribution < 1.29 is 13.2 Å². The number of amides is 1. The van der Waals surface area contributed by atoms with Crippen molar-refractivity contribution >= 4 is 21.6 Å². The lowest BCUT2D eigenvalue weighted by Crippen LogP contribution is -2.25. The van der Waals surface area contributed by atoms with Crippen LogP contribution in [0.5, 0.6) is 0 Å². The van der Waals surface area contributed by atoms with Gasteiger partial charge in [-0.05, 0) is 47.9 Å². The number of carbonyl (C=O) groups is 1. The SMILES string of the molecule is Nc1ccncc1-c1cccc(C(=O)NCCc2ccc(S(N)(=O)=O)cc2)c1. The van der Waals surface area contributed by atoms with Crippen molar-refractivity contribution in [2.24, 2.45) is 5.14 Å². The molecule has 0 spiro atoms. The van der Waals surface area contributed by atoms with Gasteiger partial charge in [0, 0.05) is 35.8 Å². The van der Waals surface area contributed by atoms with Gasteiger partial charge < -0.3 is 11.1 Å². The number of pyridine rings is 1. The average molecular weight is 396 g/mol. The zero-order valence-corrected chi connectivity index (χ0v) is 15.8. The van der Waals surface area contributed by atoms with E-state index in [0.29, 0.717) is 24.2 Å². The molecule has 1 heterocycles. The first kappa shape index (κ1) is 19.5. The Morgan fingerprint density at radius 1 is 1.07 bits per heavy atom. The van der Waals surface area contributed by atoms with Crippen LogP contribution in [0.4, 0.5) is 5.69 Å². The highest BCUT2D eigenvalue weighted by molar-refractivity contribution is 7.89. The molecule has 28 heavy (non-hydrogen) atoms. The number of rotatable bonds is 6. The first-order valence-corrected chi connectivity index (χ1v) is 10.1. The normalized spacial score (nSPS) is 11.2. The number of anilines is 1. The molecule has 2 aromatic carbocycles. The van der Waals surface area contributed by atoms with Crippen molar-refractivity contribution in [2.45, 2.75) is 11.3 Å². The van der Waals surface area contributed by atoms with E-state index in [-0.39, 0.29) is 10.8 Å². The van der Waals surface area contributed by atoms with Gasteiger partial charge in [-0.2, -0.15) is 0 Å². The molecule has 0 saturated heterocycles. The Morgan fingerprint density at radius 2 is 1.82 bits per heavy atom. The minimum atomic E-state index is -3.70. The second-order valence-corrected chi connectivity index (χ2v) is 7.80. The maximum absolute atomic E-state index is 12.4. The Hall–Kier alpha value is -3.23. The molecule has 3 rings (SSSR count). The molecular formula is C20H20N4O3S. The van der Waals surface area contributed by atoms with Crippen LogP contribution in [-0.4, -0.2) is 25.9 Å². The van der Waals surface area contributed by atoms with Gasteiger partial charge in [0.2, 0.25) is 10.0 Å². The van der Waals surface area contributed by atoms with Crippen LogP contribution in [0.1, 0.15) is 15.9 Å². The summed E-state index contributed by atoms with van der Waals surface area (Å²) in [6.07, 6.45) is 3.84. The van der Waals surface area contributed by atoms with Crippen LogP contribution in [0.3, 0.4) is 0 Å². The third-order valence-electron chi connectivity index (χ3n) is 4.24. The second kappa shape index (κ2) is 8.20. The summed E-state index contributed by atoms with van der Waals surface area (Å²) in [6.45, 7) is 0.410. The average Bonchev–Trinajstić information content (AvgIpc) is 2.68. The minimum Gasteiger partial charge on any atom is -0.398 e. The van der Waals surface area contributed by atoms with Crippen molar-refractivity contribution in [2.75, 3.05) is 12.3 Å². The molecule has 0 saturated carbocycles. The number of carbonyl (C=O) groups excluding carboxylic acids is 1. The number of hydrogen-bond acceptors (Lipinski definition) is 5. The van der Waals surface area contributed by atoms with Crippen LogP contribution in [0.15, 0.2) is 71.9 Å². The van der Waals surface area contributed by atoms with E-state index in [0.717, 1.165) is 16.7 Å². The fourth-order valence-electron chi connectivity index (χ4n) is 2.74. The number of benzene rings is 2. The fourth-order valence-corrected chi connectivity index (χ4v) is 3.26. The van der Waals surface area contributed by atoms with Crippen LogP contribution in [0, 0.1) is 0 Å². The first-order valence-electron chi connectivity index (χ1n) is 8.54. The van der Waals surface area contributed by atoms with Gasteiger partial charge in [-0.25, -0.2) is 13.6 Å². The van der Waals surface area contributed by atoms with Gasteiger partial charge in [0.1, 0.15) is 0 Å². The van der Waals surface area contributed by atoms with Crippen molar-refractivity contribution in [3.8, 4) is 11.1 Å². The predicted molar refractivity (Wildman–Crippen MR) is 108 cm³/mol. The third kappa shape index (κ3) is 4.73. The Bertz CT molecular complexity index is 1100. The zero-order chi connectivity index (χ0) is 20.1. The molecule has 3 aromatic rings. The summed E-state index contributed by atoms with van der Waals surface area (Å²) >= 11 is 0. The van der Waals surface area contributed by atoms with E-state index in [1.807, 2.05) is 6.07 Å². The van der Waals surface area contributed by atoms with E-state index in [1.165, 1.54) is 12.1 Å². The maximum Gasteiger partial charge on any atom is 0.251 e. The number of sulfonamides is 1. The highest BCUT2D eigenvalue weighted by Gasteiger charge is 2.09. The van der Waals surface area contributed by atoms with E-state index in [2.05, 4.69) is 10.3 Å². The molecule has 0 atom stereocenters. The Morgan fingerprint density at radius 3 is 2.50 bits per heavy atom. The topological polar surface area (TPSA) is 128 Å². The molecule has 0 bridgehead atoms. The molecule has 0 aliphatic heterocycles. The van der Waals surface area contributed by atoms with Gasteiger partial charge in [-0.3, -0.25) is 9.78 Å². The molecule has 0 unspecified atom stereocenters. The van der Waals surface area contributed by atoms with Gasteiger partial charge in [-0.15, -0.1) is 0 Å². The molecule has 144 valence electrons. The van der Waals surface area contributed by atoms with E-state index in [4.69, 9.17) is 10.9 Å². The molecule has 1 aromatic heterocycles. The van der Waals surface area contributed by atoms with Gasteiger partial charge in [0.15, 0.2) is 0 Å². The van der Waals surface area contributed by atoms with Gasteiger partial charge in [0.05, 0.1) is 4.90 Å². The number of nitrogens with zero attached hydrogens (tertiary/aromatic N) is 1. The number of nitrogens with two attached hydrogens (primary N) is 2. The molecule has 0 aliphatic rings. The molecule has 0 fully saturated rings. The zero-order valence-electron chi connectivity index (χ0n) is 15.0. The number of hydrogen-bond donors (Lipinski definition) is 3. The van der Waals surface area contributed by atoms with Crippen LogP contribution in [0.25, 0.3) is 11.1 Å². The van der Waals surface area contributed by atoms with Crippen molar-refractivity contribution in [3.05, 3.63) is 78.1 Å². The lowest BCUT2D eigenvalue weighted by atomic mass is 10.0. The first-order chi connectivity index (χ1) is 13.3. The lowest BCUT2D eigenvalue weighted by Gasteiger charge is -2.09. The van der Waals surface area contributed by atoms with E-state index < -0.39 is 10.0 Å². The van der Waals surface area contributed by atoms with Gasteiger partial charge >= 0.3 is 0 Å². The van der Waals surface area contributed by atoms with Gasteiger partial charge in [0.25, 0.3) is 5.91 Å². The molecule has 0 aliphatic carbocycles. The summed E-state index contributed by atoms with van der Waals surface area (Å²) in [5, 5.41) is 7.93. The van der Waals surface area contributed by atoms with E-state index in [1.54, 1.807) is 48.8 Å². The van der Waals surface area contributed by atoms with Crippen molar-refractivity contribution in [3.63, 3.8) is 0 Å². The van der Waals surface area contributed by atoms with Gasteiger partial charge in [-0.1, -0.05) is 24.3 Å². The highest BCUT2D eigenvalue weighted by atomic mass is 32.2. The number of nitrogen functional groups attached to an aromatic ring is 1. The van der Waals surface area contributed by atoms with Crippen LogP contribution < -0.4 is 16.2 Å². The predicted octanol–water partition coefficient (Wildman–Crippen LogP) is 1.95. The summed E-state index contributed by atoms with van der Waals surface area (Å²) in [5.41, 5.74) is 9.57. The second-order valence-electron chi connectivity index (χ2n) is 6.24. The van der Waals surface area contributed by atoms with E-state index >= 15 is 0 Å². The van der Waals surface area contributed by atoms with Crippen molar-refractivity contribution in [1.82, 2.24) is 10.3 Å². The number of aromatic nitrogens is 1. The van der Waals surface area contributed by atoms with Crippen LogP contribution in [0.2, 0.25) is 0 Å². The number of nitrogens with one attached hydrogen (secondary N) is 1. The van der Waals surface area contributed by atoms with E-state index in [9.17, 15) is 13.2 Å².